The molecule has 42 heavy (non-hydrogen) atoms. The lowest BCUT2D eigenvalue weighted by atomic mass is 9.85. The zero-order chi connectivity index (χ0) is 29.8. The van der Waals surface area contributed by atoms with Crippen LogP contribution in [0.15, 0.2) is 29.1 Å². The third kappa shape index (κ3) is 5.45. The van der Waals surface area contributed by atoms with Crippen LogP contribution in [0.3, 0.4) is 0 Å². The van der Waals surface area contributed by atoms with Crippen LogP contribution in [0.2, 0.25) is 0 Å². The average Bonchev–Trinajstić information content (AvgIpc) is 3.41. The molecule has 2 aromatic rings. The van der Waals surface area contributed by atoms with Gasteiger partial charge in [0.25, 0.3) is 11.6 Å². The molecule has 2 aliphatic carbocycles. The van der Waals surface area contributed by atoms with E-state index in [1.165, 1.54) is 11.3 Å². The number of fused-ring (bicyclic) bond motifs is 7. The highest BCUT2D eigenvalue weighted by Crippen LogP contribution is 2.57. The van der Waals surface area contributed by atoms with Gasteiger partial charge in [0.15, 0.2) is 0 Å². The van der Waals surface area contributed by atoms with Crippen LogP contribution >= 0.6 is 0 Å². The predicted molar refractivity (Wildman–Crippen MR) is 153 cm³/mol. The summed E-state index contributed by atoms with van der Waals surface area (Å²) in [5, 5.41) is 13.3. The molecule has 1 unspecified atom stereocenters. The van der Waals surface area contributed by atoms with Gasteiger partial charge in [-0.25, -0.2) is 9.59 Å². The molecular weight excluding hydrogens is 540 g/mol. The Morgan fingerprint density at radius 3 is 2.57 bits per heavy atom. The fourth-order valence-electron chi connectivity index (χ4n) is 7.23. The number of carbonyl (C=O) groups is 3. The number of nitrogens with zero attached hydrogens (tertiary/aromatic N) is 3. The summed E-state index contributed by atoms with van der Waals surface area (Å²) in [5.74, 6) is -0.232. The van der Waals surface area contributed by atoms with Crippen LogP contribution in [-0.2, 0) is 20.9 Å². The maximum atomic E-state index is 13.9. The second-order valence-electron chi connectivity index (χ2n) is 13.5. The van der Waals surface area contributed by atoms with Gasteiger partial charge in [-0.05, 0) is 61.0 Å². The van der Waals surface area contributed by atoms with E-state index in [0.717, 1.165) is 32.1 Å². The highest BCUT2D eigenvalue weighted by Gasteiger charge is 2.54. The van der Waals surface area contributed by atoms with Crippen LogP contribution in [0, 0.1) is 23.2 Å². The Bertz CT molecular complexity index is 1450. The minimum Gasteiger partial charge on any atom is -0.480 e. The van der Waals surface area contributed by atoms with Gasteiger partial charge >= 0.3 is 12.1 Å². The van der Waals surface area contributed by atoms with Crippen LogP contribution < -0.4 is 15.6 Å². The first-order chi connectivity index (χ1) is 20.0. The Hall–Kier alpha value is -3.63. The third-order valence-corrected chi connectivity index (χ3v) is 9.52. The fraction of sp³-hybridized carbons (Fsp3) is 0.645. The van der Waals surface area contributed by atoms with Gasteiger partial charge in [0.1, 0.15) is 24.3 Å². The second-order valence-corrected chi connectivity index (χ2v) is 13.5. The summed E-state index contributed by atoms with van der Waals surface area (Å²) in [6.07, 6.45) is 4.01. The monoisotopic (exact) mass is 580 g/mol. The molecule has 11 nitrogen and oxygen atoms in total. The predicted octanol–water partition coefficient (Wildman–Crippen LogP) is 3.57. The van der Waals surface area contributed by atoms with E-state index >= 15 is 0 Å². The molecule has 2 N–H and O–H groups in total. The largest absolute Gasteiger partial charge is 0.480 e. The molecule has 1 aromatic heterocycles. The number of carbonyl (C=O) groups excluding carboxylic acids is 2. The molecule has 7 atom stereocenters. The number of ether oxygens (including phenoxy) is 2. The van der Waals surface area contributed by atoms with Gasteiger partial charge in [-0.3, -0.25) is 14.2 Å². The van der Waals surface area contributed by atoms with Crippen molar-refractivity contribution in [3.05, 3.63) is 34.6 Å². The second kappa shape index (κ2) is 10.9. The van der Waals surface area contributed by atoms with Crippen molar-refractivity contribution < 1.29 is 29.0 Å². The Balaban J connectivity index is 1.35. The number of hydrogen-bond acceptors (Lipinski definition) is 7. The van der Waals surface area contributed by atoms with Crippen molar-refractivity contribution in [2.45, 2.75) is 96.6 Å². The number of alkyl carbamates (subject to hydrolysis) is 1. The lowest BCUT2D eigenvalue weighted by molar-refractivity contribution is -0.150. The summed E-state index contributed by atoms with van der Waals surface area (Å²) < 4.78 is 13.7. The van der Waals surface area contributed by atoms with Crippen LogP contribution in [0.1, 0.15) is 65.7 Å². The zero-order valence-electron chi connectivity index (χ0n) is 24.5. The van der Waals surface area contributed by atoms with E-state index in [2.05, 4.69) is 10.3 Å². The van der Waals surface area contributed by atoms with E-state index in [9.17, 15) is 24.3 Å². The Kier molecular flexibility index (Phi) is 7.39. The van der Waals surface area contributed by atoms with Gasteiger partial charge in [0.2, 0.25) is 5.91 Å². The Labute approximate surface area is 244 Å². The number of carboxylic acids is 1. The van der Waals surface area contributed by atoms with Gasteiger partial charge in [-0.1, -0.05) is 45.7 Å². The maximum absolute atomic E-state index is 13.9. The van der Waals surface area contributed by atoms with E-state index in [0.29, 0.717) is 29.3 Å². The van der Waals surface area contributed by atoms with Gasteiger partial charge in [0.05, 0.1) is 17.4 Å². The number of rotatable bonds is 1. The van der Waals surface area contributed by atoms with Crippen molar-refractivity contribution in [2.24, 2.45) is 23.2 Å². The van der Waals surface area contributed by atoms with Crippen molar-refractivity contribution in [2.75, 3.05) is 6.54 Å². The average molecular weight is 581 g/mol. The molecule has 4 aliphatic rings. The first kappa shape index (κ1) is 28.5. The number of nitrogens with one attached hydrogen (secondary N) is 1. The summed E-state index contributed by atoms with van der Waals surface area (Å²) in [4.78, 5) is 58.9. The van der Waals surface area contributed by atoms with Crippen LogP contribution in [0.5, 0.6) is 6.01 Å². The number of benzene rings is 1. The normalized spacial score (nSPS) is 32.0. The van der Waals surface area contributed by atoms with Crippen LogP contribution in [0.4, 0.5) is 4.79 Å². The lowest BCUT2D eigenvalue weighted by Crippen LogP contribution is -2.57. The summed E-state index contributed by atoms with van der Waals surface area (Å²) >= 11 is 0. The quantitative estimate of drug-likeness (QED) is 0.522. The van der Waals surface area contributed by atoms with E-state index in [1.54, 1.807) is 28.8 Å². The molecular formula is C31H40N4O7. The van der Waals surface area contributed by atoms with Crippen molar-refractivity contribution in [1.82, 2.24) is 19.8 Å². The van der Waals surface area contributed by atoms with Crippen molar-refractivity contribution >= 4 is 28.9 Å². The number of hydrogen-bond donors (Lipinski definition) is 2. The molecule has 2 aliphatic heterocycles. The van der Waals surface area contributed by atoms with E-state index < -0.39 is 41.6 Å². The first-order valence-corrected chi connectivity index (χ1v) is 15.2. The SMILES string of the molecule is CC(C)(C)[C@@H]1NC(=O)O[C@@H]2CC3C[C@@H]3[C@H]2CCCCCn2c(nc3ccccc3c2=O)O[C@@H]2C[C@@H](C(=O)O)N(C2)C1=O. The van der Waals surface area contributed by atoms with Crippen LogP contribution in [0.25, 0.3) is 10.9 Å². The topological polar surface area (TPSA) is 140 Å². The molecule has 0 radical (unpaired) electrons. The summed E-state index contributed by atoms with van der Waals surface area (Å²) in [6, 6.07) is 5.07. The summed E-state index contributed by atoms with van der Waals surface area (Å²) in [5.41, 5.74) is -0.416. The Morgan fingerprint density at radius 2 is 1.81 bits per heavy atom. The third-order valence-electron chi connectivity index (χ3n) is 9.52. The molecule has 3 fully saturated rings. The van der Waals surface area contributed by atoms with E-state index in [4.69, 9.17) is 9.47 Å². The minimum absolute atomic E-state index is 0.0180. The van der Waals surface area contributed by atoms with Crippen molar-refractivity contribution in [1.29, 1.82) is 0 Å². The highest BCUT2D eigenvalue weighted by atomic mass is 16.6. The molecule has 6 rings (SSSR count). The smallest absolute Gasteiger partial charge is 0.408 e. The first-order valence-electron chi connectivity index (χ1n) is 15.2. The van der Waals surface area contributed by atoms with Gasteiger partial charge in [0, 0.05) is 13.0 Å². The van der Waals surface area contributed by atoms with E-state index in [-0.39, 0.29) is 36.6 Å². The molecule has 1 aromatic carbocycles. The van der Waals surface area contributed by atoms with Crippen molar-refractivity contribution in [3.8, 4) is 6.01 Å². The standard InChI is InChI=1S/C31H40N4O7/c1-31(2,3)25-27(37)35-16-18(15-23(35)28(38)39)41-29-32-22-11-7-6-10-20(22)26(36)34(29)12-8-4-5-9-19-21-13-17(21)14-24(19)42-30(40)33-25/h6-7,10-11,17-19,21,23-25H,4-5,8-9,12-16H2,1-3H3,(H,33,40)(H,38,39)/t17?,18-,19-,21+,23+,24-,25-/m1/s1. The fourth-order valence-corrected chi connectivity index (χ4v) is 7.23. The molecule has 226 valence electrons. The van der Waals surface area contributed by atoms with Gasteiger partial charge in [-0.2, -0.15) is 4.98 Å². The maximum Gasteiger partial charge on any atom is 0.408 e. The number of amides is 2. The Morgan fingerprint density at radius 1 is 1.02 bits per heavy atom. The summed E-state index contributed by atoms with van der Waals surface area (Å²) in [7, 11) is 0. The molecule has 0 spiro atoms. The molecule has 1 saturated heterocycles. The molecule has 2 saturated carbocycles. The summed E-state index contributed by atoms with van der Waals surface area (Å²) in [6.45, 7) is 5.87. The molecule has 3 heterocycles. The minimum atomic E-state index is -1.16. The lowest BCUT2D eigenvalue weighted by Gasteiger charge is -2.35. The van der Waals surface area contributed by atoms with E-state index in [1.807, 2.05) is 20.8 Å². The molecule has 2 amide bonds. The number of carboxylic acid groups (broad SMARTS) is 1. The van der Waals surface area contributed by atoms with Gasteiger partial charge in [-0.15, -0.1) is 0 Å². The number of para-hydroxylation sites is 1. The highest BCUT2D eigenvalue weighted by molar-refractivity contribution is 5.90. The molecule has 11 heteroatoms. The molecule has 2 bridgehead atoms. The van der Waals surface area contributed by atoms with Crippen molar-refractivity contribution in [3.63, 3.8) is 0 Å². The van der Waals surface area contributed by atoms with Gasteiger partial charge < -0.3 is 24.8 Å². The van der Waals surface area contributed by atoms with Crippen LogP contribution in [-0.4, -0.2) is 68.4 Å². The number of aromatic nitrogens is 2. The zero-order valence-corrected chi connectivity index (χ0v) is 24.5. The number of aliphatic carboxylic acids is 1.